The molecule has 0 saturated heterocycles. The maximum atomic E-state index is 13.2. The number of carbonyl (C=O) groups is 5. The third kappa shape index (κ3) is 6.64. The molecule has 3 aromatic carbocycles. The standard InChI is InChI=1S/C26H20Cl2N2O9/c1-30(2)22(32)11-39-26(38)15-5-3-12(14-6-4-13(27)8-19(14)28)7-20(15)29-23(33)16-9-18(25(36)37)21(31)10-17(16)24(34)35/h3-10,31H,11H2,1-2H3,(H,29,33)(H,34,35)(H,36,37). The first kappa shape index (κ1) is 29.0. The summed E-state index contributed by atoms with van der Waals surface area (Å²) in [6, 6.07) is 10.1. The number of nitrogens with zero attached hydrogens (tertiary/aromatic N) is 1. The predicted molar refractivity (Wildman–Crippen MR) is 141 cm³/mol. The first-order valence-corrected chi connectivity index (χ1v) is 11.7. The van der Waals surface area contributed by atoms with E-state index in [1.165, 1.54) is 43.3 Å². The average molecular weight is 575 g/mol. The van der Waals surface area contributed by atoms with Gasteiger partial charge in [0.15, 0.2) is 6.61 Å². The number of nitrogens with one attached hydrogen (secondary N) is 1. The molecule has 2 amide bonds. The third-order valence-corrected chi connectivity index (χ3v) is 5.94. The molecule has 0 fully saturated rings. The molecule has 39 heavy (non-hydrogen) atoms. The molecule has 0 unspecified atom stereocenters. The maximum absolute atomic E-state index is 13.2. The van der Waals surface area contributed by atoms with Gasteiger partial charge in [0.2, 0.25) is 0 Å². The van der Waals surface area contributed by atoms with Gasteiger partial charge < -0.3 is 30.3 Å². The lowest BCUT2D eigenvalue weighted by Crippen LogP contribution is -2.28. The molecule has 0 aliphatic rings. The molecule has 0 aliphatic heterocycles. The minimum Gasteiger partial charge on any atom is -0.507 e. The van der Waals surface area contributed by atoms with Crippen molar-refractivity contribution in [3.63, 3.8) is 0 Å². The van der Waals surface area contributed by atoms with Gasteiger partial charge in [0, 0.05) is 29.7 Å². The summed E-state index contributed by atoms with van der Waals surface area (Å²) in [6.07, 6.45) is 0. The van der Waals surface area contributed by atoms with Crippen LogP contribution in [0.2, 0.25) is 10.0 Å². The number of rotatable bonds is 8. The number of aromatic hydroxyl groups is 1. The van der Waals surface area contributed by atoms with Crippen molar-refractivity contribution in [3.05, 3.63) is 80.8 Å². The molecule has 0 radical (unpaired) electrons. The molecule has 0 spiro atoms. The number of esters is 1. The number of carboxylic acid groups (broad SMARTS) is 2. The summed E-state index contributed by atoms with van der Waals surface area (Å²) in [5.74, 6) is -6.67. The molecule has 13 heteroatoms. The summed E-state index contributed by atoms with van der Waals surface area (Å²) in [4.78, 5) is 62.3. The van der Waals surface area contributed by atoms with Crippen LogP contribution in [0.4, 0.5) is 5.69 Å². The molecule has 3 rings (SSSR count). The van der Waals surface area contributed by atoms with Crippen LogP contribution in [0.3, 0.4) is 0 Å². The van der Waals surface area contributed by atoms with Crippen LogP contribution in [0.1, 0.15) is 41.4 Å². The fraction of sp³-hybridized carbons (Fsp3) is 0.115. The van der Waals surface area contributed by atoms with Gasteiger partial charge in [0.05, 0.1) is 22.4 Å². The molecule has 11 nitrogen and oxygen atoms in total. The third-order valence-electron chi connectivity index (χ3n) is 5.40. The summed E-state index contributed by atoms with van der Waals surface area (Å²) >= 11 is 12.3. The van der Waals surface area contributed by atoms with E-state index in [0.29, 0.717) is 28.3 Å². The van der Waals surface area contributed by atoms with Crippen molar-refractivity contribution in [1.82, 2.24) is 4.90 Å². The van der Waals surface area contributed by atoms with Crippen molar-refractivity contribution in [1.29, 1.82) is 0 Å². The number of aromatic carboxylic acids is 2. The Morgan fingerprint density at radius 2 is 1.51 bits per heavy atom. The number of anilines is 1. The lowest BCUT2D eigenvalue weighted by atomic mass is 10.00. The number of benzene rings is 3. The van der Waals surface area contributed by atoms with Crippen LogP contribution in [0.25, 0.3) is 11.1 Å². The van der Waals surface area contributed by atoms with Crippen molar-refractivity contribution < 1.29 is 44.0 Å². The number of hydrogen-bond donors (Lipinski definition) is 4. The molecular formula is C26H20Cl2N2O9. The van der Waals surface area contributed by atoms with E-state index in [4.69, 9.17) is 27.9 Å². The Morgan fingerprint density at radius 1 is 0.846 bits per heavy atom. The van der Waals surface area contributed by atoms with E-state index in [9.17, 15) is 39.3 Å². The van der Waals surface area contributed by atoms with Crippen LogP contribution < -0.4 is 5.32 Å². The SMILES string of the molecule is CN(C)C(=O)COC(=O)c1ccc(-c2ccc(Cl)cc2Cl)cc1NC(=O)c1cc(C(=O)O)c(O)cc1C(=O)O. The zero-order chi connectivity index (χ0) is 29.0. The molecule has 0 atom stereocenters. The van der Waals surface area contributed by atoms with Gasteiger partial charge in [0.1, 0.15) is 11.3 Å². The normalized spacial score (nSPS) is 10.5. The fourth-order valence-corrected chi connectivity index (χ4v) is 3.88. The monoisotopic (exact) mass is 574 g/mol. The number of hydrogen-bond acceptors (Lipinski definition) is 7. The van der Waals surface area contributed by atoms with E-state index < -0.39 is 58.8 Å². The summed E-state index contributed by atoms with van der Waals surface area (Å²) in [5.41, 5.74) is -1.47. The number of carbonyl (C=O) groups excluding carboxylic acids is 3. The lowest BCUT2D eigenvalue weighted by Gasteiger charge is -2.16. The molecule has 0 heterocycles. The van der Waals surface area contributed by atoms with E-state index in [1.807, 2.05) is 0 Å². The largest absolute Gasteiger partial charge is 0.507 e. The highest BCUT2D eigenvalue weighted by molar-refractivity contribution is 6.36. The quantitative estimate of drug-likeness (QED) is 0.287. The number of amides is 2. The molecule has 3 aromatic rings. The van der Waals surface area contributed by atoms with Gasteiger partial charge in [-0.1, -0.05) is 35.3 Å². The van der Waals surface area contributed by atoms with Gasteiger partial charge in [-0.3, -0.25) is 9.59 Å². The van der Waals surface area contributed by atoms with Gasteiger partial charge in [-0.25, -0.2) is 14.4 Å². The van der Waals surface area contributed by atoms with Crippen LogP contribution in [0.5, 0.6) is 5.75 Å². The van der Waals surface area contributed by atoms with Crippen LogP contribution >= 0.6 is 23.2 Å². The second-order valence-corrected chi connectivity index (χ2v) is 9.07. The van der Waals surface area contributed by atoms with Gasteiger partial charge in [0.25, 0.3) is 11.8 Å². The van der Waals surface area contributed by atoms with Crippen LogP contribution in [-0.2, 0) is 9.53 Å². The van der Waals surface area contributed by atoms with Gasteiger partial charge >= 0.3 is 17.9 Å². The highest BCUT2D eigenvalue weighted by atomic mass is 35.5. The first-order valence-electron chi connectivity index (χ1n) is 10.9. The zero-order valence-electron chi connectivity index (χ0n) is 20.3. The second kappa shape index (κ2) is 11.8. The Labute approximate surface area is 231 Å². The van der Waals surface area contributed by atoms with E-state index >= 15 is 0 Å². The highest BCUT2D eigenvalue weighted by Gasteiger charge is 2.25. The average Bonchev–Trinajstić information content (AvgIpc) is 2.86. The summed E-state index contributed by atoms with van der Waals surface area (Å²) < 4.78 is 5.06. The van der Waals surface area contributed by atoms with E-state index in [0.717, 1.165) is 0 Å². The number of ether oxygens (including phenoxy) is 1. The molecule has 4 N–H and O–H groups in total. The molecule has 202 valence electrons. The van der Waals surface area contributed by atoms with Crippen LogP contribution in [0, 0.1) is 0 Å². The minimum absolute atomic E-state index is 0.160. The van der Waals surface area contributed by atoms with Gasteiger partial charge in [-0.15, -0.1) is 0 Å². The fourth-order valence-electron chi connectivity index (χ4n) is 3.36. The van der Waals surface area contributed by atoms with Crippen molar-refractivity contribution >= 4 is 58.6 Å². The lowest BCUT2D eigenvalue weighted by molar-refractivity contribution is -0.131. The topological polar surface area (TPSA) is 171 Å². The van der Waals surface area contributed by atoms with Crippen LogP contribution in [-0.4, -0.2) is 70.6 Å². The Balaban J connectivity index is 2.10. The Hall–Kier alpha value is -4.61. The summed E-state index contributed by atoms with van der Waals surface area (Å²) in [5, 5.41) is 31.7. The van der Waals surface area contributed by atoms with Crippen molar-refractivity contribution in [2.45, 2.75) is 0 Å². The Kier molecular flexibility index (Phi) is 8.79. The van der Waals surface area contributed by atoms with E-state index in [1.54, 1.807) is 12.1 Å². The highest BCUT2D eigenvalue weighted by Crippen LogP contribution is 2.34. The number of phenols is 1. The van der Waals surface area contributed by atoms with Crippen molar-refractivity contribution in [3.8, 4) is 16.9 Å². The number of likely N-dealkylation sites (N-methyl/N-ethyl adjacent to an activating group) is 1. The van der Waals surface area contributed by atoms with E-state index in [2.05, 4.69) is 5.32 Å². The summed E-state index contributed by atoms with van der Waals surface area (Å²) in [7, 11) is 2.94. The molecular weight excluding hydrogens is 555 g/mol. The minimum atomic E-state index is -1.61. The van der Waals surface area contributed by atoms with Gasteiger partial charge in [-0.2, -0.15) is 0 Å². The number of carboxylic acids is 2. The molecule has 0 bridgehead atoms. The zero-order valence-corrected chi connectivity index (χ0v) is 21.8. The first-order chi connectivity index (χ1) is 18.3. The molecule has 0 saturated carbocycles. The Morgan fingerprint density at radius 3 is 2.10 bits per heavy atom. The number of halogens is 2. The molecule has 0 aliphatic carbocycles. The van der Waals surface area contributed by atoms with E-state index in [-0.39, 0.29) is 16.3 Å². The van der Waals surface area contributed by atoms with Gasteiger partial charge in [-0.05, 0) is 42.0 Å². The predicted octanol–water partition coefficient (Wildman–Crippen LogP) is 4.26. The molecule has 0 aromatic heterocycles. The van der Waals surface area contributed by atoms with Crippen molar-refractivity contribution in [2.24, 2.45) is 0 Å². The summed E-state index contributed by atoms with van der Waals surface area (Å²) in [6.45, 7) is -0.590. The second-order valence-electron chi connectivity index (χ2n) is 8.23. The Bertz CT molecular complexity index is 1520. The maximum Gasteiger partial charge on any atom is 0.340 e. The van der Waals surface area contributed by atoms with Crippen molar-refractivity contribution in [2.75, 3.05) is 26.0 Å². The smallest absolute Gasteiger partial charge is 0.340 e. The van der Waals surface area contributed by atoms with Crippen LogP contribution in [0.15, 0.2) is 48.5 Å².